The van der Waals surface area contributed by atoms with Gasteiger partial charge in [0, 0.05) is 48.3 Å². The fourth-order valence-electron chi connectivity index (χ4n) is 7.33. The molecular weight excluding hydrogens is 812 g/mol. The van der Waals surface area contributed by atoms with Gasteiger partial charge < -0.3 is 39.6 Å². The van der Waals surface area contributed by atoms with Gasteiger partial charge in [-0.2, -0.15) is 0 Å². The number of rotatable bonds is 21. The summed E-state index contributed by atoms with van der Waals surface area (Å²) in [5, 5.41) is 11.7. The summed E-state index contributed by atoms with van der Waals surface area (Å²) >= 11 is 1.35. The highest BCUT2D eigenvalue weighted by atomic mass is 32.1. The molecule has 1 unspecified atom stereocenters. The number of benzene rings is 4. The largest absolute Gasteiger partial charge is 0.487 e. The van der Waals surface area contributed by atoms with Gasteiger partial charge >= 0.3 is 5.97 Å². The predicted molar refractivity (Wildman–Crippen MR) is 238 cm³/mol. The summed E-state index contributed by atoms with van der Waals surface area (Å²) in [7, 11) is 1.31. The molecule has 0 saturated carbocycles. The summed E-state index contributed by atoms with van der Waals surface area (Å²) in [5.41, 5.74) is 4.62. The van der Waals surface area contributed by atoms with Crippen LogP contribution in [0.4, 0.5) is 9.52 Å². The second kappa shape index (κ2) is 21.9. The minimum atomic E-state index is -0.749. The third kappa shape index (κ3) is 12.5. The van der Waals surface area contributed by atoms with Gasteiger partial charge in [0.2, 0.25) is 11.8 Å². The van der Waals surface area contributed by atoms with Crippen molar-refractivity contribution in [2.45, 2.75) is 58.4 Å². The molecule has 328 valence electrons. The third-order valence-corrected chi connectivity index (χ3v) is 11.3. The number of thiazole rings is 1. The molecule has 5 aromatic rings. The molecule has 4 aromatic carbocycles. The van der Waals surface area contributed by atoms with Gasteiger partial charge in [-0.15, -0.1) is 11.3 Å². The Bertz CT molecular complexity index is 2270. The Balaban J connectivity index is 1.05. The SMILES string of the molecule is COC(=O)c1ccc(-c2ccc(Oc3cc4c(cc3OCCOCCOCCNC(=O)C(C)c3ccc(CC(C)C)cc3)CCN[C@]4(C)CC(=O)Nc3nccs3)cc2F)cc1. The Labute approximate surface area is 366 Å². The Hall–Kier alpha value is -5.67. The van der Waals surface area contributed by atoms with Crippen molar-refractivity contribution in [1.29, 1.82) is 0 Å². The average molecular weight is 867 g/mol. The smallest absolute Gasteiger partial charge is 0.337 e. The predicted octanol–water partition coefficient (Wildman–Crippen LogP) is 8.45. The summed E-state index contributed by atoms with van der Waals surface area (Å²) in [4.78, 5) is 42.0. The molecule has 3 N–H and O–H groups in total. The van der Waals surface area contributed by atoms with Crippen molar-refractivity contribution >= 4 is 34.3 Å². The second-order valence-electron chi connectivity index (χ2n) is 15.8. The number of nitrogens with zero attached hydrogens (tertiary/aromatic N) is 1. The van der Waals surface area contributed by atoms with Crippen LogP contribution in [0.1, 0.15) is 72.6 Å². The first-order valence-corrected chi connectivity index (χ1v) is 21.7. The standard InChI is InChI=1S/C48H55FN4O8S/c1-31(2)26-33-6-8-34(9-7-33)32(3)45(55)50-18-20-58-21-22-59-23-24-60-42-27-37-16-17-52-48(4,30-44(54)53-47-51-19-25-62-47)40(37)29-43(42)61-38-14-15-39(41(49)28-38)35-10-12-36(13-11-35)46(56)57-5/h6-15,19,25,27-29,31-32,52H,16-18,20-24,26,30H2,1-5H3,(H,50,55)(H,51,53,54)/t32?,48-/m1/s1. The van der Waals surface area contributed by atoms with Crippen molar-refractivity contribution in [3.63, 3.8) is 0 Å². The summed E-state index contributed by atoms with van der Waals surface area (Å²) in [6, 6.07) is 23.1. The third-order valence-electron chi connectivity index (χ3n) is 10.6. The number of hydrogen-bond donors (Lipinski definition) is 3. The highest BCUT2D eigenvalue weighted by molar-refractivity contribution is 7.13. The van der Waals surface area contributed by atoms with Gasteiger partial charge in [0.25, 0.3) is 0 Å². The zero-order valence-electron chi connectivity index (χ0n) is 35.9. The van der Waals surface area contributed by atoms with Crippen LogP contribution in [0.15, 0.2) is 90.4 Å². The van der Waals surface area contributed by atoms with Crippen LogP contribution in [-0.4, -0.2) is 76.0 Å². The highest BCUT2D eigenvalue weighted by Gasteiger charge is 2.35. The minimum absolute atomic E-state index is 0.0479. The molecule has 62 heavy (non-hydrogen) atoms. The van der Waals surface area contributed by atoms with Crippen molar-refractivity contribution in [2.24, 2.45) is 5.92 Å². The first kappa shape index (κ1) is 45.8. The van der Waals surface area contributed by atoms with Crippen molar-refractivity contribution in [3.8, 4) is 28.4 Å². The van der Waals surface area contributed by atoms with Crippen LogP contribution >= 0.6 is 11.3 Å². The molecule has 12 nitrogen and oxygen atoms in total. The molecule has 0 fully saturated rings. The summed E-state index contributed by atoms with van der Waals surface area (Å²) < 4.78 is 44.5. The zero-order valence-corrected chi connectivity index (χ0v) is 36.7. The van der Waals surface area contributed by atoms with E-state index in [1.54, 1.807) is 48.0 Å². The van der Waals surface area contributed by atoms with E-state index in [0.29, 0.717) is 78.6 Å². The number of ether oxygens (including phenoxy) is 5. The number of aromatic nitrogens is 1. The zero-order chi connectivity index (χ0) is 44.1. The molecule has 1 aliphatic rings. The van der Waals surface area contributed by atoms with E-state index in [2.05, 4.69) is 46.9 Å². The number of fused-ring (bicyclic) bond motifs is 1. The van der Waals surface area contributed by atoms with Gasteiger partial charge in [-0.1, -0.05) is 50.2 Å². The number of halogens is 1. The molecule has 1 aliphatic heterocycles. The lowest BCUT2D eigenvalue weighted by molar-refractivity contribution is -0.122. The Kier molecular flexibility index (Phi) is 16.2. The number of esters is 1. The number of carbonyl (C=O) groups is 3. The van der Waals surface area contributed by atoms with Crippen LogP contribution in [0.5, 0.6) is 17.2 Å². The first-order chi connectivity index (χ1) is 29.9. The van der Waals surface area contributed by atoms with Gasteiger partial charge in [0.05, 0.1) is 45.0 Å². The Morgan fingerprint density at radius 2 is 1.65 bits per heavy atom. The van der Waals surface area contributed by atoms with E-state index in [4.69, 9.17) is 23.7 Å². The summed E-state index contributed by atoms with van der Waals surface area (Å²) in [5.74, 6) is 0.106. The lowest BCUT2D eigenvalue weighted by Gasteiger charge is -2.37. The first-order valence-electron chi connectivity index (χ1n) is 20.8. The Morgan fingerprint density at radius 1 is 0.903 bits per heavy atom. The molecule has 0 bridgehead atoms. The number of amides is 2. The maximum absolute atomic E-state index is 15.6. The topological polar surface area (TPSA) is 146 Å². The monoisotopic (exact) mass is 866 g/mol. The van der Waals surface area contributed by atoms with Crippen molar-refractivity contribution in [2.75, 3.05) is 58.6 Å². The maximum atomic E-state index is 15.6. The molecule has 0 radical (unpaired) electrons. The van der Waals surface area contributed by atoms with E-state index in [1.165, 1.54) is 30.1 Å². The van der Waals surface area contributed by atoms with E-state index in [0.717, 1.165) is 23.1 Å². The molecular formula is C48H55FN4O8S. The average Bonchev–Trinajstić information content (AvgIpc) is 3.77. The second-order valence-corrected chi connectivity index (χ2v) is 16.7. The molecule has 2 atom stereocenters. The van der Waals surface area contributed by atoms with Gasteiger partial charge in [-0.05, 0) is 96.8 Å². The molecule has 14 heteroatoms. The van der Waals surface area contributed by atoms with Crippen LogP contribution in [0.3, 0.4) is 0 Å². The van der Waals surface area contributed by atoms with Crippen LogP contribution in [0, 0.1) is 11.7 Å². The fraction of sp³-hybridized carbons (Fsp3) is 0.375. The minimum Gasteiger partial charge on any atom is -0.487 e. The van der Waals surface area contributed by atoms with Crippen LogP contribution in [-0.2, 0) is 42.2 Å². The van der Waals surface area contributed by atoms with E-state index in [9.17, 15) is 14.4 Å². The van der Waals surface area contributed by atoms with E-state index in [1.807, 2.05) is 38.1 Å². The number of carbonyl (C=O) groups excluding carboxylic acids is 3. The number of nitrogens with one attached hydrogen (secondary N) is 3. The van der Waals surface area contributed by atoms with Crippen LogP contribution in [0.25, 0.3) is 11.1 Å². The van der Waals surface area contributed by atoms with Crippen molar-refractivity contribution < 1.29 is 42.5 Å². The van der Waals surface area contributed by atoms with Gasteiger partial charge in [-0.25, -0.2) is 14.2 Å². The molecule has 1 aromatic heterocycles. The number of anilines is 1. The lowest BCUT2D eigenvalue weighted by atomic mass is 9.81. The number of hydrogen-bond acceptors (Lipinski definition) is 11. The van der Waals surface area contributed by atoms with Gasteiger partial charge in [-0.3, -0.25) is 9.59 Å². The van der Waals surface area contributed by atoms with E-state index >= 15 is 4.39 Å². The molecule has 0 spiro atoms. The highest BCUT2D eigenvalue weighted by Crippen LogP contribution is 2.42. The van der Waals surface area contributed by atoms with Crippen molar-refractivity contribution in [1.82, 2.24) is 15.6 Å². The summed E-state index contributed by atoms with van der Waals surface area (Å²) in [6.45, 7) is 10.8. The van der Waals surface area contributed by atoms with Crippen molar-refractivity contribution in [3.05, 3.63) is 124 Å². The van der Waals surface area contributed by atoms with Gasteiger partial charge in [0.1, 0.15) is 18.2 Å². The lowest BCUT2D eigenvalue weighted by Crippen LogP contribution is -2.47. The quantitative estimate of drug-likeness (QED) is 0.0485. The Morgan fingerprint density at radius 3 is 2.34 bits per heavy atom. The molecule has 6 rings (SSSR count). The molecule has 2 amide bonds. The van der Waals surface area contributed by atoms with E-state index in [-0.39, 0.29) is 43.1 Å². The fourth-order valence-corrected chi connectivity index (χ4v) is 7.88. The number of methoxy groups -OCH3 is 1. The van der Waals surface area contributed by atoms with Gasteiger partial charge in [0.15, 0.2) is 16.6 Å². The summed E-state index contributed by atoms with van der Waals surface area (Å²) in [6.07, 6.45) is 3.46. The van der Waals surface area contributed by atoms with Crippen LogP contribution < -0.4 is 25.4 Å². The van der Waals surface area contributed by atoms with E-state index < -0.39 is 17.3 Å². The molecule has 2 heterocycles. The maximum Gasteiger partial charge on any atom is 0.337 e. The normalized spacial score (nSPS) is 15.1. The van der Waals surface area contributed by atoms with Crippen LogP contribution in [0.2, 0.25) is 0 Å². The molecule has 0 aliphatic carbocycles. The molecule has 0 saturated heterocycles.